The van der Waals surface area contributed by atoms with Crippen molar-refractivity contribution in [2.24, 2.45) is 0 Å². The molecule has 0 saturated carbocycles. The summed E-state index contributed by atoms with van der Waals surface area (Å²) in [6, 6.07) is 54.2. The smallest absolute Gasteiger partial charge is 0.128 e. The highest BCUT2D eigenvalue weighted by Crippen LogP contribution is 2.64. The van der Waals surface area contributed by atoms with Crippen molar-refractivity contribution in [1.29, 1.82) is 0 Å². The minimum absolute atomic E-state index is 0.463. The zero-order valence-corrected chi connectivity index (χ0v) is 58.8. The number of ether oxygens (including phenoxy) is 2. The predicted octanol–water partition coefficient (Wildman–Crippen LogP) is 26.4. The molecule has 4 aromatic heterocycles. The fraction of sp³-hybridized carbons (Fsp3) is 0.452. The number of unbranched alkanes of at least 4 members (excludes halogenated alkanes) is 18. The average Bonchev–Trinajstić information content (AvgIpc) is 1.54. The molecule has 0 saturated heterocycles. The molecule has 0 aliphatic heterocycles. The lowest BCUT2D eigenvalue weighted by Crippen LogP contribution is -2.28. The van der Waals surface area contributed by atoms with Crippen molar-refractivity contribution in [3.8, 4) is 51.9 Å². The summed E-state index contributed by atoms with van der Waals surface area (Å²) in [6.45, 7) is 15.2. The molecule has 0 amide bonds. The molecule has 2 aliphatic rings. The molecule has 0 radical (unpaired) electrons. The Labute approximate surface area is 559 Å². The molecule has 0 atom stereocenters. The standard InChI is InChI=1S/C84H102O2S4/c1-7-13-19-25-31-61-35-43-65(44-36-61)83(66-45-37-62(38-46-66)32-26-20-14-8-2)71-51-55-87-79(71)81-73(83)59-77(89-81)69-57-76(86-54-30-24-18-12-6)70(58-75(69)85-53-29-23-17-11-5)78-60-74-82(90-78)80-72(52-56-88-80)84(74,67-47-39-63(40-48-67)33-27-21-15-9-3)68-49-41-64(42-50-68)34-28-22-16-10-4/h35-52,55-60H,7-34,53-54H2,1-6H3. The van der Waals surface area contributed by atoms with Gasteiger partial charge in [-0.1, -0.05) is 254 Å². The van der Waals surface area contributed by atoms with E-state index < -0.39 is 10.8 Å². The second-order valence-electron chi connectivity index (χ2n) is 26.2. The number of benzene rings is 5. The molecule has 90 heavy (non-hydrogen) atoms. The van der Waals surface area contributed by atoms with Gasteiger partial charge in [0.2, 0.25) is 0 Å². The van der Waals surface area contributed by atoms with Gasteiger partial charge in [0.1, 0.15) is 11.5 Å². The van der Waals surface area contributed by atoms with Crippen LogP contribution in [0.3, 0.4) is 0 Å². The van der Waals surface area contributed by atoms with Gasteiger partial charge in [0.15, 0.2) is 0 Å². The fourth-order valence-electron chi connectivity index (χ4n) is 14.7. The predicted molar refractivity (Wildman–Crippen MR) is 394 cm³/mol. The highest BCUT2D eigenvalue weighted by Gasteiger charge is 2.50. The van der Waals surface area contributed by atoms with Crippen LogP contribution in [0.1, 0.15) is 262 Å². The van der Waals surface area contributed by atoms with Crippen LogP contribution in [0.15, 0.2) is 144 Å². The number of thiophene rings is 4. The average molecular weight is 1270 g/mol. The van der Waals surface area contributed by atoms with Crippen molar-refractivity contribution in [2.75, 3.05) is 13.2 Å². The molecule has 0 unspecified atom stereocenters. The summed E-state index contributed by atoms with van der Waals surface area (Å²) in [7, 11) is 0. The van der Waals surface area contributed by atoms with Crippen LogP contribution in [0.5, 0.6) is 11.5 Å². The number of rotatable bonds is 38. The zero-order chi connectivity index (χ0) is 62.1. The van der Waals surface area contributed by atoms with Gasteiger partial charge in [-0.2, -0.15) is 0 Å². The maximum Gasteiger partial charge on any atom is 0.128 e. The minimum atomic E-state index is -0.463. The third-order valence-corrected chi connectivity index (χ3v) is 24.3. The third-order valence-electron chi connectivity index (χ3n) is 19.8. The van der Waals surface area contributed by atoms with Crippen molar-refractivity contribution < 1.29 is 9.47 Å². The fourth-order valence-corrected chi connectivity index (χ4v) is 19.4. The summed E-state index contributed by atoms with van der Waals surface area (Å²) in [5, 5.41) is 4.69. The van der Waals surface area contributed by atoms with Gasteiger partial charge in [-0.05, 0) is 178 Å². The number of aryl methyl sites for hydroxylation is 4. The molecule has 2 aliphatic carbocycles. The highest BCUT2D eigenvalue weighted by atomic mass is 32.1. The van der Waals surface area contributed by atoms with Crippen molar-refractivity contribution >= 4 is 45.3 Å². The van der Waals surface area contributed by atoms with Crippen LogP contribution in [0.25, 0.3) is 40.4 Å². The van der Waals surface area contributed by atoms with Gasteiger partial charge in [0.05, 0.1) is 33.8 Å². The molecule has 4 heterocycles. The Balaban J connectivity index is 1.06. The monoisotopic (exact) mass is 1270 g/mol. The zero-order valence-electron chi connectivity index (χ0n) is 55.5. The van der Waals surface area contributed by atoms with Crippen molar-refractivity contribution in [3.63, 3.8) is 0 Å². The molecule has 6 heteroatoms. The Morgan fingerprint density at radius 2 is 0.578 bits per heavy atom. The van der Waals surface area contributed by atoms with E-state index in [1.54, 1.807) is 0 Å². The molecule has 0 N–H and O–H groups in total. The summed E-state index contributed by atoms with van der Waals surface area (Å²) in [5.41, 5.74) is 18.1. The first-order valence-electron chi connectivity index (χ1n) is 35.7. The van der Waals surface area contributed by atoms with Crippen LogP contribution in [0, 0.1) is 0 Å². The summed E-state index contributed by atoms with van der Waals surface area (Å²) in [6.07, 6.45) is 34.1. The number of hydrogen-bond acceptors (Lipinski definition) is 6. The van der Waals surface area contributed by atoms with Gasteiger partial charge < -0.3 is 9.47 Å². The quantitative estimate of drug-likeness (QED) is 0.0359. The minimum Gasteiger partial charge on any atom is -0.493 e. The van der Waals surface area contributed by atoms with E-state index in [1.165, 1.54) is 224 Å². The van der Waals surface area contributed by atoms with Crippen LogP contribution < -0.4 is 9.47 Å². The first-order chi connectivity index (χ1) is 44.4. The van der Waals surface area contributed by atoms with E-state index in [0.29, 0.717) is 13.2 Å². The maximum absolute atomic E-state index is 7.28. The number of fused-ring (bicyclic) bond motifs is 6. The van der Waals surface area contributed by atoms with Crippen LogP contribution in [-0.2, 0) is 36.5 Å². The van der Waals surface area contributed by atoms with Crippen LogP contribution >= 0.6 is 45.3 Å². The van der Waals surface area contributed by atoms with Crippen LogP contribution in [0.4, 0.5) is 0 Å². The topological polar surface area (TPSA) is 18.5 Å². The van der Waals surface area contributed by atoms with Gasteiger partial charge in [0, 0.05) is 30.6 Å². The molecular formula is C84H102O2S4. The van der Waals surface area contributed by atoms with E-state index in [4.69, 9.17) is 9.47 Å². The summed E-state index contributed by atoms with van der Waals surface area (Å²) < 4.78 is 14.6. The SMILES string of the molecule is CCCCCCOc1cc(-c2cc3c(s2)-c2sccc2C3(c2ccc(CCCCCC)cc2)c2ccc(CCCCCC)cc2)c(OCCCCCC)cc1-c1cc2c(s1)-c1sccc1C2(c1ccc(CCCCCC)cc1)c1ccc(CCCCCC)cc1. The molecular weight excluding hydrogens is 1170 g/mol. The lowest BCUT2D eigenvalue weighted by molar-refractivity contribution is 0.299. The van der Waals surface area contributed by atoms with E-state index in [2.05, 4.69) is 186 Å². The Bertz CT molecular complexity index is 3290. The molecule has 0 bridgehead atoms. The lowest BCUT2D eigenvalue weighted by Gasteiger charge is -2.33. The van der Waals surface area contributed by atoms with E-state index in [-0.39, 0.29) is 0 Å². The lowest BCUT2D eigenvalue weighted by atomic mass is 9.68. The second kappa shape index (κ2) is 32.4. The van der Waals surface area contributed by atoms with Crippen LogP contribution in [-0.4, -0.2) is 13.2 Å². The molecule has 5 aromatic carbocycles. The Morgan fingerprint density at radius 1 is 0.289 bits per heavy atom. The first kappa shape index (κ1) is 66.0. The molecule has 0 fully saturated rings. The van der Waals surface area contributed by atoms with Gasteiger partial charge in [-0.25, -0.2) is 0 Å². The van der Waals surface area contributed by atoms with Crippen molar-refractivity contribution in [1.82, 2.24) is 0 Å². The molecule has 2 nitrogen and oxygen atoms in total. The second-order valence-corrected chi connectivity index (χ2v) is 30.2. The van der Waals surface area contributed by atoms with E-state index in [1.807, 2.05) is 45.3 Å². The van der Waals surface area contributed by atoms with Crippen molar-refractivity contribution in [3.05, 3.63) is 211 Å². The van der Waals surface area contributed by atoms with Gasteiger partial charge in [0.25, 0.3) is 0 Å². The maximum atomic E-state index is 7.28. The molecule has 0 spiro atoms. The van der Waals surface area contributed by atoms with Crippen molar-refractivity contribution in [2.45, 2.75) is 232 Å². The molecule has 9 aromatic rings. The van der Waals surface area contributed by atoms with Gasteiger partial charge in [-0.15, -0.1) is 45.3 Å². The largest absolute Gasteiger partial charge is 0.493 e. The summed E-state index contributed by atoms with van der Waals surface area (Å²) >= 11 is 7.74. The van der Waals surface area contributed by atoms with E-state index >= 15 is 0 Å². The van der Waals surface area contributed by atoms with Crippen LogP contribution in [0.2, 0.25) is 0 Å². The Morgan fingerprint density at radius 3 is 0.867 bits per heavy atom. The third kappa shape index (κ3) is 14.2. The molecule has 11 rings (SSSR count). The van der Waals surface area contributed by atoms with E-state index in [0.717, 1.165) is 74.0 Å². The summed E-state index contributed by atoms with van der Waals surface area (Å²) in [4.78, 5) is 8.05. The normalized spacial score (nSPS) is 13.4. The van der Waals surface area contributed by atoms with E-state index in [9.17, 15) is 0 Å². The van der Waals surface area contributed by atoms with Gasteiger partial charge in [-0.3, -0.25) is 0 Å². The number of hydrogen-bond donors (Lipinski definition) is 0. The highest BCUT2D eigenvalue weighted by molar-refractivity contribution is 7.24. The molecule has 474 valence electrons. The first-order valence-corrected chi connectivity index (χ1v) is 39.1. The Hall–Kier alpha value is -5.50. The Kier molecular flexibility index (Phi) is 23.7. The summed E-state index contributed by atoms with van der Waals surface area (Å²) in [5.74, 6) is 1.91. The van der Waals surface area contributed by atoms with Gasteiger partial charge >= 0.3 is 0 Å².